The first-order chi connectivity index (χ1) is 6.77. The molecule has 0 aromatic rings. The lowest BCUT2D eigenvalue weighted by molar-refractivity contribution is -0.154. The van der Waals surface area contributed by atoms with Crippen LogP contribution in [0.4, 0.5) is 0 Å². The quantitative estimate of drug-likeness (QED) is 0.761. The van der Waals surface area contributed by atoms with E-state index in [-0.39, 0.29) is 17.8 Å². The second-order valence-electron chi connectivity index (χ2n) is 4.91. The first-order valence-electron chi connectivity index (χ1n) is 5.43. The molecule has 0 aromatic carbocycles. The van der Waals surface area contributed by atoms with Crippen LogP contribution in [0.25, 0.3) is 0 Å². The highest BCUT2D eigenvalue weighted by Gasteiger charge is 2.57. The second kappa shape index (κ2) is 3.54. The molecule has 0 amide bonds. The Balaban J connectivity index is 3.30. The largest absolute Gasteiger partial charge is 0.479 e. The highest BCUT2D eigenvalue weighted by Crippen LogP contribution is 2.47. The molecule has 0 saturated carbocycles. The van der Waals surface area contributed by atoms with Crippen LogP contribution in [-0.4, -0.2) is 28.6 Å². The van der Waals surface area contributed by atoms with Gasteiger partial charge in [0.1, 0.15) is 5.54 Å². The molecule has 1 saturated heterocycles. The zero-order chi connectivity index (χ0) is 12.0. The number of allylic oxidation sites excluding steroid dienone is 1. The lowest BCUT2D eigenvalue weighted by Gasteiger charge is -2.40. The van der Waals surface area contributed by atoms with Crippen molar-refractivity contribution in [3.8, 4) is 0 Å². The molecule has 15 heavy (non-hydrogen) atoms. The predicted molar refractivity (Wildman–Crippen MR) is 60.4 cm³/mol. The molecule has 3 atom stereocenters. The fourth-order valence-corrected chi connectivity index (χ4v) is 3.02. The van der Waals surface area contributed by atoms with Crippen LogP contribution in [0.5, 0.6) is 0 Å². The van der Waals surface area contributed by atoms with Gasteiger partial charge in [-0.2, -0.15) is 0 Å². The van der Waals surface area contributed by atoms with Gasteiger partial charge in [-0.3, -0.25) is 0 Å². The number of likely N-dealkylation sites (N-methyl/N-ethyl adjacent to an activating group) is 1. The van der Waals surface area contributed by atoms with Gasteiger partial charge in [-0.1, -0.05) is 34.3 Å². The average molecular weight is 211 g/mol. The summed E-state index contributed by atoms with van der Waals surface area (Å²) in [7, 11) is 1.84. The summed E-state index contributed by atoms with van der Waals surface area (Å²) in [6, 6.07) is 0. The molecule has 3 heteroatoms. The van der Waals surface area contributed by atoms with Crippen molar-refractivity contribution >= 4 is 5.97 Å². The molecule has 1 unspecified atom stereocenters. The number of rotatable bonds is 2. The molecule has 0 aliphatic carbocycles. The van der Waals surface area contributed by atoms with Gasteiger partial charge >= 0.3 is 5.97 Å². The van der Waals surface area contributed by atoms with Gasteiger partial charge in [0.25, 0.3) is 0 Å². The van der Waals surface area contributed by atoms with Gasteiger partial charge in [0, 0.05) is 18.7 Å². The molecule has 0 spiro atoms. The summed E-state index contributed by atoms with van der Waals surface area (Å²) in [5.74, 6) is -0.351. The van der Waals surface area contributed by atoms with E-state index in [1.807, 2.05) is 32.7 Å². The lowest BCUT2D eigenvalue weighted by Crippen LogP contribution is -2.56. The van der Waals surface area contributed by atoms with E-state index < -0.39 is 11.5 Å². The SMILES string of the molecule is C=C1[C@H](C)[C@H](C)C(C(=O)O)(C(C)C)N1C. The van der Waals surface area contributed by atoms with Gasteiger partial charge in [-0.05, 0) is 11.8 Å². The van der Waals surface area contributed by atoms with E-state index in [0.717, 1.165) is 5.70 Å². The van der Waals surface area contributed by atoms with Gasteiger partial charge in [-0.25, -0.2) is 4.79 Å². The second-order valence-corrected chi connectivity index (χ2v) is 4.91. The Bertz CT molecular complexity index is 298. The number of hydrogen-bond donors (Lipinski definition) is 1. The Labute approximate surface area is 91.8 Å². The van der Waals surface area contributed by atoms with E-state index in [4.69, 9.17) is 0 Å². The topological polar surface area (TPSA) is 40.5 Å². The summed E-state index contributed by atoms with van der Waals surface area (Å²) in [6.07, 6.45) is 0. The monoisotopic (exact) mass is 211 g/mol. The molecular formula is C12H21NO2. The molecule has 0 radical (unpaired) electrons. The van der Waals surface area contributed by atoms with Crippen molar-refractivity contribution in [1.82, 2.24) is 4.90 Å². The van der Waals surface area contributed by atoms with Crippen LogP contribution in [0.1, 0.15) is 27.7 Å². The number of aliphatic carboxylic acids is 1. The van der Waals surface area contributed by atoms with Crippen molar-refractivity contribution in [3.63, 3.8) is 0 Å². The molecule has 1 heterocycles. The van der Waals surface area contributed by atoms with Crippen LogP contribution in [0.15, 0.2) is 12.3 Å². The molecular weight excluding hydrogens is 190 g/mol. The number of hydrogen-bond acceptors (Lipinski definition) is 2. The summed E-state index contributed by atoms with van der Waals surface area (Å²) in [6.45, 7) is 12.0. The van der Waals surface area contributed by atoms with E-state index in [0.29, 0.717) is 0 Å². The number of nitrogens with zero attached hydrogens (tertiary/aromatic N) is 1. The minimum atomic E-state index is -0.795. The van der Waals surface area contributed by atoms with E-state index in [1.54, 1.807) is 0 Å². The smallest absolute Gasteiger partial charge is 0.330 e. The molecule has 1 fully saturated rings. The molecule has 86 valence electrons. The van der Waals surface area contributed by atoms with Gasteiger partial charge < -0.3 is 10.0 Å². The third kappa shape index (κ3) is 1.29. The number of carboxylic acids is 1. The van der Waals surface area contributed by atoms with Gasteiger partial charge in [0.15, 0.2) is 0 Å². The maximum atomic E-state index is 11.6. The van der Waals surface area contributed by atoms with Crippen LogP contribution in [-0.2, 0) is 4.79 Å². The van der Waals surface area contributed by atoms with Crippen LogP contribution >= 0.6 is 0 Å². The van der Waals surface area contributed by atoms with Crippen LogP contribution in [0, 0.1) is 17.8 Å². The van der Waals surface area contributed by atoms with E-state index in [2.05, 4.69) is 13.5 Å². The fraction of sp³-hybridized carbons (Fsp3) is 0.750. The fourth-order valence-electron chi connectivity index (χ4n) is 3.02. The highest BCUT2D eigenvalue weighted by atomic mass is 16.4. The normalized spacial score (nSPS) is 36.4. The maximum Gasteiger partial charge on any atom is 0.330 e. The van der Waals surface area contributed by atoms with Crippen molar-refractivity contribution < 1.29 is 9.90 Å². The average Bonchev–Trinajstić information content (AvgIpc) is 2.29. The molecule has 1 aliphatic rings. The molecule has 3 nitrogen and oxygen atoms in total. The standard InChI is InChI=1S/C12H21NO2/c1-7(2)12(11(14)15)9(4)8(3)10(5)13(12)6/h7-9H,5H2,1-4,6H3,(H,14,15)/t8-,9+,12?/m1/s1. The van der Waals surface area contributed by atoms with Crippen molar-refractivity contribution in [2.75, 3.05) is 7.05 Å². The lowest BCUT2D eigenvalue weighted by atomic mass is 9.74. The third-order valence-electron chi connectivity index (χ3n) is 4.18. The molecule has 1 aliphatic heterocycles. The Morgan fingerprint density at radius 1 is 1.53 bits per heavy atom. The minimum absolute atomic E-state index is 0.0664. The van der Waals surface area contributed by atoms with Crippen LogP contribution in [0.2, 0.25) is 0 Å². The van der Waals surface area contributed by atoms with Gasteiger partial charge in [0.05, 0.1) is 0 Å². The maximum absolute atomic E-state index is 11.6. The highest BCUT2D eigenvalue weighted by molar-refractivity contribution is 5.81. The molecule has 0 aromatic heterocycles. The van der Waals surface area contributed by atoms with E-state index in [1.165, 1.54) is 0 Å². The first kappa shape index (κ1) is 12.1. The first-order valence-corrected chi connectivity index (χ1v) is 5.43. The van der Waals surface area contributed by atoms with Crippen molar-refractivity contribution in [2.45, 2.75) is 33.2 Å². The summed E-state index contributed by atoms with van der Waals surface area (Å²) in [4.78, 5) is 13.5. The Kier molecular flexibility index (Phi) is 2.85. The van der Waals surface area contributed by atoms with E-state index in [9.17, 15) is 9.90 Å². The third-order valence-corrected chi connectivity index (χ3v) is 4.18. The van der Waals surface area contributed by atoms with Crippen LogP contribution in [0.3, 0.4) is 0 Å². The minimum Gasteiger partial charge on any atom is -0.479 e. The van der Waals surface area contributed by atoms with Crippen molar-refractivity contribution in [1.29, 1.82) is 0 Å². The number of likely N-dealkylation sites (tertiary alicyclic amines) is 1. The zero-order valence-electron chi connectivity index (χ0n) is 10.2. The predicted octanol–water partition coefficient (Wildman–Crippen LogP) is 2.20. The Hall–Kier alpha value is -0.990. The van der Waals surface area contributed by atoms with Crippen molar-refractivity contribution in [2.24, 2.45) is 17.8 Å². The molecule has 1 N–H and O–H groups in total. The summed E-state index contributed by atoms with van der Waals surface area (Å²) < 4.78 is 0. The molecule has 1 rings (SSSR count). The van der Waals surface area contributed by atoms with E-state index >= 15 is 0 Å². The van der Waals surface area contributed by atoms with Gasteiger partial charge in [0.2, 0.25) is 0 Å². The Morgan fingerprint density at radius 2 is 2.00 bits per heavy atom. The number of carboxylic acid groups (broad SMARTS) is 1. The molecule has 0 bridgehead atoms. The summed E-state index contributed by atoms with van der Waals surface area (Å²) in [5.41, 5.74) is 0.134. The van der Waals surface area contributed by atoms with Gasteiger partial charge in [-0.15, -0.1) is 0 Å². The Morgan fingerprint density at radius 3 is 2.13 bits per heavy atom. The van der Waals surface area contributed by atoms with Crippen LogP contribution < -0.4 is 0 Å². The number of carbonyl (C=O) groups is 1. The van der Waals surface area contributed by atoms with Crippen molar-refractivity contribution in [3.05, 3.63) is 12.3 Å². The summed E-state index contributed by atoms with van der Waals surface area (Å²) in [5, 5.41) is 9.53. The zero-order valence-corrected chi connectivity index (χ0v) is 10.2. The summed E-state index contributed by atoms with van der Waals surface area (Å²) >= 11 is 0.